The maximum Gasteiger partial charge on any atom is 0.341 e. The predicted molar refractivity (Wildman–Crippen MR) is 91.2 cm³/mol. The molecule has 0 saturated heterocycles. The highest BCUT2D eigenvalue weighted by Gasteiger charge is 2.25. The zero-order valence-electron chi connectivity index (χ0n) is 13.4. The van der Waals surface area contributed by atoms with Gasteiger partial charge in [0.1, 0.15) is 5.56 Å². The number of hydrogen-bond donors (Lipinski definition) is 1. The number of fused-ring (bicyclic) bond motifs is 1. The van der Waals surface area contributed by atoms with Crippen molar-refractivity contribution in [1.82, 2.24) is 14.6 Å². The quantitative estimate of drug-likeness (QED) is 0.787. The van der Waals surface area contributed by atoms with Gasteiger partial charge in [-0.05, 0) is 18.4 Å². The SMILES string of the molecule is O=C(O)c1cnn2c(C3CCCCC3)c(-c3ccccc3)cnc12. The number of rotatable bonds is 3. The molecule has 0 atom stereocenters. The fourth-order valence-corrected chi connectivity index (χ4v) is 3.71. The lowest BCUT2D eigenvalue weighted by molar-refractivity contribution is 0.0698. The van der Waals surface area contributed by atoms with Gasteiger partial charge >= 0.3 is 5.97 Å². The first kappa shape index (κ1) is 14.9. The Morgan fingerprint density at radius 3 is 2.54 bits per heavy atom. The van der Waals surface area contributed by atoms with Crippen molar-refractivity contribution >= 4 is 11.6 Å². The van der Waals surface area contributed by atoms with Gasteiger partial charge in [0.2, 0.25) is 0 Å². The number of aromatic carboxylic acids is 1. The van der Waals surface area contributed by atoms with Gasteiger partial charge in [0.25, 0.3) is 0 Å². The van der Waals surface area contributed by atoms with Gasteiger partial charge < -0.3 is 5.11 Å². The zero-order chi connectivity index (χ0) is 16.5. The van der Waals surface area contributed by atoms with Crippen LogP contribution in [0.1, 0.15) is 54.1 Å². The molecule has 1 N–H and O–H groups in total. The van der Waals surface area contributed by atoms with Crippen LogP contribution in [0.2, 0.25) is 0 Å². The van der Waals surface area contributed by atoms with Gasteiger partial charge in [-0.15, -0.1) is 0 Å². The number of nitrogens with zero attached hydrogens (tertiary/aromatic N) is 3. The second kappa shape index (κ2) is 6.07. The maximum absolute atomic E-state index is 11.4. The van der Waals surface area contributed by atoms with Crippen molar-refractivity contribution in [3.63, 3.8) is 0 Å². The molecule has 3 aromatic rings. The molecule has 0 unspecified atom stereocenters. The molecule has 1 aliphatic rings. The Bertz CT molecular complexity index is 880. The topological polar surface area (TPSA) is 67.5 Å². The highest BCUT2D eigenvalue weighted by atomic mass is 16.4. The minimum absolute atomic E-state index is 0.159. The van der Waals surface area contributed by atoms with Crippen molar-refractivity contribution in [2.75, 3.05) is 0 Å². The molecule has 24 heavy (non-hydrogen) atoms. The van der Waals surface area contributed by atoms with Crippen molar-refractivity contribution in [3.8, 4) is 11.1 Å². The van der Waals surface area contributed by atoms with Crippen molar-refractivity contribution < 1.29 is 9.90 Å². The predicted octanol–water partition coefficient (Wildman–Crippen LogP) is 4.14. The van der Waals surface area contributed by atoms with Gasteiger partial charge in [0.05, 0.1) is 11.9 Å². The molecule has 4 rings (SSSR count). The van der Waals surface area contributed by atoms with E-state index in [-0.39, 0.29) is 5.56 Å². The fraction of sp³-hybridized carbons (Fsp3) is 0.316. The maximum atomic E-state index is 11.4. The van der Waals surface area contributed by atoms with Crippen molar-refractivity contribution in [1.29, 1.82) is 0 Å². The van der Waals surface area contributed by atoms with Crippen LogP contribution in [0.5, 0.6) is 0 Å². The molecule has 0 aliphatic heterocycles. The standard InChI is InChI=1S/C19H19N3O2/c23-19(24)16-12-21-22-17(14-9-5-2-6-10-14)15(11-20-18(16)22)13-7-3-1-4-8-13/h1,3-4,7-8,11-12,14H,2,5-6,9-10H2,(H,23,24). The third-order valence-electron chi connectivity index (χ3n) is 4.87. The lowest BCUT2D eigenvalue weighted by atomic mass is 9.84. The van der Waals surface area contributed by atoms with E-state index < -0.39 is 5.97 Å². The van der Waals surface area contributed by atoms with Crippen molar-refractivity contribution in [2.24, 2.45) is 0 Å². The minimum atomic E-state index is -0.987. The summed E-state index contributed by atoms with van der Waals surface area (Å²) in [6.07, 6.45) is 9.12. The van der Waals surface area contributed by atoms with Crippen LogP contribution in [0.3, 0.4) is 0 Å². The van der Waals surface area contributed by atoms with Crippen molar-refractivity contribution in [2.45, 2.75) is 38.0 Å². The Kier molecular flexibility index (Phi) is 3.76. The Hall–Kier alpha value is -2.69. The highest BCUT2D eigenvalue weighted by molar-refractivity contribution is 5.94. The van der Waals surface area contributed by atoms with Gasteiger partial charge in [0.15, 0.2) is 5.65 Å². The summed E-state index contributed by atoms with van der Waals surface area (Å²) < 4.78 is 1.75. The van der Waals surface area contributed by atoms with Crippen LogP contribution in [0.4, 0.5) is 0 Å². The average molecular weight is 321 g/mol. The van der Waals surface area contributed by atoms with E-state index in [2.05, 4.69) is 22.2 Å². The molecule has 5 heteroatoms. The van der Waals surface area contributed by atoms with Crippen LogP contribution in [0, 0.1) is 0 Å². The van der Waals surface area contributed by atoms with E-state index >= 15 is 0 Å². The number of carbonyl (C=O) groups is 1. The van der Waals surface area contributed by atoms with E-state index in [1.165, 1.54) is 25.5 Å². The fourth-order valence-electron chi connectivity index (χ4n) is 3.71. The summed E-state index contributed by atoms with van der Waals surface area (Å²) in [5.74, 6) is -0.597. The third-order valence-corrected chi connectivity index (χ3v) is 4.87. The van der Waals surface area contributed by atoms with E-state index in [1.54, 1.807) is 4.52 Å². The lowest BCUT2D eigenvalue weighted by Crippen LogP contribution is -2.13. The van der Waals surface area contributed by atoms with E-state index in [9.17, 15) is 9.90 Å². The average Bonchev–Trinajstić information content (AvgIpc) is 3.06. The van der Waals surface area contributed by atoms with E-state index in [1.807, 2.05) is 24.4 Å². The molecule has 1 aliphatic carbocycles. The molecule has 0 radical (unpaired) electrons. The Morgan fingerprint density at radius 2 is 1.83 bits per heavy atom. The molecule has 122 valence electrons. The first-order valence-electron chi connectivity index (χ1n) is 8.41. The summed E-state index contributed by atoms with van der Waals surface area (Å²) >= 11 is 0. The van der Waals surface area contributed by atoms with E-state index in [0.717, 1.165) is 29.7 Å². The first-order chi connectivity index (χ1) is 11.8. The van der Waals surface area contributed by atoms with Gasteiger partial charge in [-0.2, -0.15) is 5.10 Å². The summed E-state index contributed by atoms with van der Waals surface area (Å²) in [5.41, 5.74) is 3.84. The Balaban J connectivity index is 1.96. The second-order valence-electron chi connectivity index (χ2n) is 6.36. The minimum Gasteiger partial charge on any atom is -0.477 e. The largest absolute Gasteiger partial charge is 0.477 e. The Morgan fingerprint density at radius 1 is 1.08 bits per heavy atom. The zero-order valence-corrected chi connectivity index (χ0v) is 13.4. The monoisotopic (exact) mass is 321 g/mol. The number of carboxylic acids is 1. The van der Waals surface area contributed by atoms with Crippen LogP contribution < -0.4 is 0 Å². The third kappa shape index (κ3) is 2.46. The number of benzene rings is 1. The van der Waals surface area contributed by atoms with Crippen LogP contribution in [-0.2, 0) is 0 Å². The summed E-state index contributed by atoms with van der Waals surface area (Å²) in [5, 5.41) is 13.7. The van der Waals surface area contributed by atoms with Crippen molar-refractivity contribution in [3.05, 3.63) is 54.0 Å². The molecule has 1 aromatic carbocycles. The smallest absolute Gasteiger partial charge is 0.341 e. The van der Waals surface area contributed by atoms with E-state index in [0.29, 0.717) is 11.6 Å². The number of hydrogen-bond acceptors (Lipinski definition) is 3. The summed E-state index contributed by atoms with van der Waals surface area (Å²) in [6.45, 7) is 0. The molecule has 1 fully saturated rings. The van der Waals surface area contributed by atoms with Crippen LogP contribution in [-0.4, -0.2) is 25.7 Å². The summed E-state index contributed by atoms with van der Waals surface area (Å²) in [4.78, 5) is 15.8. The molecule has 0 amide bonds. The molecular formula is C19H19N3O2. The van der Waals surface area contributed by atoms with Crippen LogP contribution in [0.15, 0.2) is 42.7 Å². The first-order valence-corrected chi connectivity index (χ1v) is 8.41. The van der Waals surface area contributed by atoms with E-state index in [4.69, 9.17) is 0 Å². The van der Waals surface area contributed by atoms with Gasteiger partial charge in [-0.3, -0.25) is 0 Å². The lowest BCUT2D eigenvalue weighted by Gasteiger charge is -2.24. The van der Waals surface area contributed by atoms with Crippen LogP contribution in [0.25, 0.3) is 16.8 Å². The number of carboxylic acid groups (broad SMARTS) is 1. The molecule has 0 bridgehead atoms. The van der Waals surface area contributed by atoms with Crippen LogP contribution >= 0.6 is 0 Å². The second-order valence-corrected chi connectivity index (χ2v) is 6.36. The number of aromatic nitrogens is 3. The summed E-state index contributed by atoms with van der Waals surface area (Å²) in [7, 11) is 0. The highest BCUT2D eigenvalue weighted by Crippen LogP contribution is 2.38. The normalized spacial score (nSPS) is 15.7. The molecule has 1 saturated carbocycles. The molecule has 0 spiro atoms. The molecule has 2 aromatic heterocycles. The van der Waals surface area contributed by atoms with Gasteiger partial charge in [-0.1, -0.05) is 49.6 Å². The van der Waals surface area contributed by atoms with Gasteiger partial charge in [-0.25, -0.2) is 14.3 Å². The molecule has 5 nitrogen and oxygen atoms in total. The van der Waals surface area contributed by atoms with Gasteiger partial charge in [0, 0.05) is 17.7 Å². The summed E-state index contributed by atoms with van der Waals surface area (Å²) in [6, 6.07) is 10.1. The molecular weight excluding hydrogens is 302 g/mol. The Labute approximate surface area is 140 Å². The molecule has 2 heterocycles.